The zero-order valence-corrected chi connectivity index (χ0v) is 10.2. The molecule has 4 bridgehead atoms. The van der Waals surface area contributed by atoms with E-state index in [2.05, 4.69) is 0 Å². The summed E-state index contributed by atoms with van der Waals surface area (Å²) in [6.07, 6.45) is 6.83. The SMILES string of the molecule is O=C(O)CC(O)CC1C2CC3CC(C2)CC1C3. The van der Waals surface area contributed by atoms with Gasteiger partial charge in [-0.05, 0) is 68.1 Å². The molecule has 17 heavy (non-hydrogen) atoms. The number of hydrogen-bond acceptors (Lipinski definition) is 2. The van der Waals surface area contributed by atoms with Gasteiger partial charge in [-0.3, -0.25) is 4.79 Å². The van der Waals surface area contributed by atoms with E-state index in [1.54, 1.807) is 0 Å². The summed E-state index contributed by atoms with van der Waals surface area (Å²) >= 11 is 0. The van der Waals surface area contributed by atoms with Gasteiger partial charge in [0.25, 0.3) is 0 Å². The summed E-state index contributed by atoms with van der Waals surface area (Å²) < 4.78 is 0. The third kappa shape index (κ3) is 2.22. The summed E-state index contributed by atoms with van der Waals surface area (Å²) in [7, 11) is 0. The normalized spacial score (nSPS) is 44.9. The first-order chi connectivity index (χ1) is 8.11. The van der Waals surface area contributed by atoms with Crippen LogP contribution in [0.4, 0.5) is 0 Å². The van der Waals surface area contributed by atoms with Crippen LogP contribution in [0.15, 0.2) is 0 Å². The minimum atomic E-state index is -0.874. The molecule has 0 radical (unpaired) electrons. The predicted octanol–water partition coefficient (Wildman–Crippen LogP) is 2.28. The largest absolute Gasteiger partial charge is 0.481 e. The van der Waals surface area contributed by atoms with E-state index in [9.17, 15) is 9.90 Å². The first kappa shape index (κ1) is 11.5. The van der Waals surface area contributed by atoms with Gasteiger partial charge < -0.3 is 10.2 Å². The molecular formula is C14H22O3. The lowest BCUT2D eigenvalue weighted by Gasteiger charge is -2.55. The molecule has 0 aliphatic heterocycles. The smallest absolute Gasteiger partial charge is 0.305 e. The Hall–Kier alpha value is -0.570. The van der Waals surface area contributed by atoms with Gasteiger partial charge in [-0.25, -0.2) is 0 Å². The lowest BCUT2D eigenvalue weighted by atomic mass is 9.51. The molecule has 0 heterocycles. The van der Waals surface area contributed by atoms with Gasteiger partial charge in [-0.1, -0.05) is 0 Å². The van der Waals surface area contributed by atoms with Gasteiger partial charge in [0.05, 0.1) is 12.5 Å². The summed E-state index contributed by atoms with van der Waals surface area (Å²) in [5, 5.41) is 18.5. The van der Waals surface area contributed by atoms with Gasteiger partial charge in [0.1, 0.15) is 0 Å². The molecule has 3 nitrogen and oxygen atoms in total. The molecule has 3 heteroatoms. The van der Waals surface area contributed by atoms with Crippen molar-refractivity contribution in [3.05, 3.63) is 0 Å². The first-order valence-corrected chi connectivity index (χ1v) is 7.01. The van der Waals surface area contributed by atoms with Crippen molar-refractivity contribution >= 4 is 5.97 Å². The highest BCUT2D eigenvalue weighted by Gasteiger charge is 2.48. The van der Waals surface area contributed by atoms with E-state index in [0.717, 1.165) is 30.1 Å². The maximum atomic E-state index is 10.6. The number of carboxylic acids is 1. The van der Waals surface area contributed by atoms with Crippen molar-refractivity contribution in [1.82, 2.24) is 0 Å². The zero-order chi connectivity index (χ0) is 12.0. The van der Waals surface area contributed by atoms with Gasteiger partial charge in [-0.2, -0.15) is 0 Å². The minimum absolute atomic E-state index is 0.0806. The predicted molar refractivity (Wildman–Crippen MR) is 63.4 cm³/mol. The van der Waals surface area contributed by atoms with Gasteiger partial charge in [0, 0.05) is 0 Å². The number of carbonyl (C=O) groups is 1. The fourth-order valence-electron chi connectivity index (χ4n) is 5.02. The summed E-state index contributed by atoms with van der Waals surface area (Å²) in [5.41, 5.74) is 0. The van der Waals surface area contributed by atoms with E-state index in [1.807, 2.05) is 0 Å². The van der Waals surface area contributed by atoms with Crippen LogP contribution in [0.5, 0.6) is 0 Å². The van der Waals surface area contributed by atoms with Crippen LogP contribution < -0.4 is 0 Å². The van der Waals surface area contributed by atoms with E-state index in [-0.39, 0.29) is 6.42 Å². The molecule has 4 aliphatic rings. The van der Waals surface area contributed by atoms with E-state index in [1.165, 1.54) is 32.1 Å². The highest BCUT2D eigenvalue weighted by atomic mass is 16.4. The van der Waals surface area contributed by atoms with E-state index < -0.39 is 12.1 Å². The fraction of sp³-hybridized carbons (Fsp3) is 0.929. The molecule has 1 unspecified atom stereocenters. The molecule has 4 rings (SSSR count). The molecule has 0 aromatic heterocycles. The lowest BCUT2D eigenvalue weighted by Crippen LogP contribution is -2.46. The Labute approximate surface area is 102 Å². The Balaban J connectivity index is 1.62. The summed E-state index contributed by atoms with van der Waals surface area (Å²) in [4.78, 5) is 10.6. The van der Waals surface area contributed by atoms with Gasteiger partial charge in [-0.15, -0.1) is 0 Å². The highest BCUT2D eigenvalue weighted by molar-refractivity contribution is 5.67. The second kappa shape index (κ2) is 4.27. The maximum Gasteiger partial charge on any atom is 0.305 e. The van der Waals surface area contributed by atoms with Crippen molar-refractivity contribution in [1.29, 1.82) is 0 Å². The Kier molecular flexibility index (Phi) is 2.89. The zero-order valence-electron chi connectivity index (χ0n) is 10.2. The number of rotatable bonds is 4. The summed E-state index contributed by atoms with van der Waals surface area (Å²) in [5.74, 6) is 3.21. The van der Waals surface area contributed by atoms with Crippen LogP contribution in [0, 0.1) is 29.6 Å². The second-order valence-corrected chi connectivity index (χ2v) is 6.58. The molecule has 4 fully saturated rings. The van der Waals surface area contributed by atoms with Crippen molar-refractivity contribution in [2.24, 2.45) is 29.6 Å². The van der Waals surface area contributed by atoms with Crippen molar-refractivity contribution in [2.45, 2.75) is 51.0 Å². The summed E-state index contributed by atoms with van der Waals surface area (Å²) in [6, 6.07) is 0. The van der Waals surface area contributed by atoms with Crippen molar-refractivity contribution in [3.8, 4) is 0 Å². The molecule has 1 atom stereocenters. The average molecular weight is 238 g/mol. The fourth-order valence-corrected chi connectivity index (χ4v) is 5.02. The Morgan fingerprint density at radius 3 is 2.06 bits per heavy atom. The third-order valence-electron chi connectivity index (χ3n) is 5.38. The molecule has 0 saturated heterocycles. The topological polar surface area (TPSA) is 57.5 Å². The summed E-state index contributed by atoms with van der Waals surface area (Å²) in [6.45, 7) is 0. The molecule has 4 aliphatic carbocycles. The van der Waals surface area contributed by atoms with Crippen LogP contribution in [0.1, 0.15) is 44.9 Å². The quantitative estimate of drug-likeness (QED) is 0.790. The van der Waals surface area contributed by atoms with E-state index >= 15 is 0 Å². The van der Waals surface area contributed by atoms with Crippen molar-refractivity contribution < 1.29 is 15.0 Å². The molecule has 0 amide bonds. The third-order valence-corrected chi connectivity index (χ3v) is 5.38. The number of aliphatic carboxylic acids is 1. The van der Waals surface area contributed by atoms with Crippen molar-refractivity contribution in [3.63, 3.8) is 0 Å². The molecule has 0 aromatic carbocycles. The Morgan fingerprint density at radius 2 is 1.59 bits per heavy atom. The highest BCUT2D eigenvalue weighted by Crippen LogP contribution is 2.57. The maximum absolute atomic E-state index is 10.6. The average Bonchev–Trinajstić information content (AvgIpc) is 2.21. The van der Waals surface area contributed by atoms with E-state index in [4.69, 9.17) is 5.11 Å². The van der Waals surface area contributed by atoms with E-state index in [0.29, 0.717) is 5.92 Å². The van der Waals surface area contributed by atoms with Crippen LogP contribution in [0.25, 0.3) is 0 Å². The van der Waals surface area contributed by atoms with Crippen LogP contribution in [-0.2, 0) is 4.79 Å². The van der Waals surface area contributed by atoms with Crippen LogP contribution in [-0.4, -0.2) is 22.3 Å². The monoisotopic (exact) mass is 238 g/mol. The molecule has 4 saturated carbocycles. The second-order valence-electron chi connectivity index (χ2n) is 6.58. The molecule has 0 aromatic rings. The molecular weight excluding hydrogens is 216 g/mol. The standard InChI is InChI=1S/C14H22O3/c15-12(7-14(16)17)6-13-10-2-8-1-9(4-10)5-11(13)3-8/h8-13,15H,1-7H2,(H,16,17). The molecule has 96 valence electrons. The lowest BCUT2D eigenvalue weighted by molar-refractivity contribution is -0.140. The molecule has 2 N–H and O–H groups in total. The van der Waals surface area contributed by atoms with Gasteiger partial charge in [0.15, 0.2) is 0 Å². The number of aliphatic hydroxyl groups excluding tert-OH is 1. The van der Waals surface area contributed by atoms with Gasteiger partial charge in [0.2, 0.25) is 0 Å². The number of carboxylic acid groups (broad SMARTS) is 1. The van der Waals surface area contributed by atoms with Crippen molar-refractivity contribution in [2.75, 3.05) is 0 Å². The first-order valence-electron chi connectivity index (χ1n) is 7.01. The molecule has 0 spiro atoms. The minimum Gasteiger partial charge on any atom is -0.481 e. The number of aliphatic hydroxyl groups is 1. The Bertz CT molecular complexity index is 285. The van der Waals surface area contributed by atoms with Crippen LogP contribution in [0.2, 0.25) is 0 Å². The Morgan fingerprint density at radius 1 is 1.06 bits per heavy atom. The van der Waals surface area contributed by atoms with Crippen LogP contribution in [0.3, 0.4) is 0 Å². The number of hydrogen-bond donors (Lipinski definition) is 2. The van der Waals surface area contributed by atoms with Gasteiger partial charge >= 0.3 is 5.97 Å². The van der Waals surface area contributed by atoms with Crippen LogP contribution >= 0.6 is 0 Å².